The number of aromatic nitrogens is 1. The third-order valence-electron chi connectivity index (χ3n) is 4.08. The van der Waals surface area contributed by atoms with Crippen molar-refractivity contribution < 1.29 is 18.7 Å². The lowest BCUT2D eigenvalue weighted by Crippen LogP contribution is -2.42. The molecule has 3 rings (SSSR count). The number of methoxy groups -OCH3 is 1. The predicted molar refractivity (Wildman–Crippen MR) is 99.8 cm³/mol. The Hall–Kier alpha value is -3.99. The molecule has 0 atom stereocenters. The van der Waals surface area contributed by atoms with E-state index in [2.05, 4.69) is 10.9 Å². The van der Waals surface area contributed by atoms with Gasteiger partial charge in [-0.3, -0.25) is 25.0 Å². The molecule has 2 amide bonds. The minimum Gasteiger partial charge on any atom is -0.497 e. The van der Waals surface area contributed by atoms with Crippen molar-refractivity contribution in [3.63, 3.8) is 0 Å². The van der Waals surface area contributed by atoms with Crippen molar-refractivity contribution >= 4 is 11.8 Å². The molecule has 0 aliphatic carbocycles. The van der Waals surface area contributed by atoms with Gasteiger partial charge in [-0.1, -0.05) is 12.1 Å². The van der Waals surface area contributed by atoms with Gasteiger partial charge >= 0.3 is 0 Å². The van der Waals surface area contributed by atoms with E-state index < -0.39 is 11.8 Å². The number of hydrogen-bond acceptors (Lipinski definition) is 5. The molecule has 142 valence electrons. The zero-order chi connectivity index (χ0) is 20.1. The number of aryl methyl sites for hydroxylation is 1. The second kappa shape index (κ2) is 8.14. The smallest absolute Gasteiger partial charge is 0.274 e. The molecule has 8 heteroatoms. The number of benzene rings is 1. The molecule has 28 heavy (non-hydrogen) atoms. The Morgan fingerprint density at radius 1 is 1.18 bits per heavy atom. The summed E-state index contributed by atoms with van der Waals surface area (Å²) in [6.45, 7) is 1.59. The fourth-order valence-corrected chi connectivity index (χ4v) is 2.72. The zero-order valence-corrected chi connectivity index (χ0v) is 15.4. The number of carbonyl (C=O) groups is 2. The highest BCUT2D eigenvalue weighted by Gasteiger charge is 2.24. The molecule has 0 saturated heterocycles. The quantitative estimate of drug-likeness (QED) is 0.662. The first kappa shape index (κ1) is 18.8. The first-order chi connectivity index (χ1) is 13.5. The van der Waals surface area contributed by atoms with Crippen molar-refractivity contribution in [2.24, 2.45) is 0 Å². The van der Waals surface area contributed by atoms with E-state index >= 15 is 0 Å². The zero-order valence-electron chi connectivity index (χ0n) is 15.4. The Kier molecular flexibility index (Phi) is 5.46. The topological polar surface area (TPSA) is 109 Å². The molecule has 0 aliphatic rings. The van der Waals surface area contributed by atoms with Gasteiger partial charge in [0.2, 0.25) is 11.8 Å². The number of nitrogens with zero attached hydrogens (tertiary/aromatic N) is 2. The Bertz CT molecular complexity index is 1030. The summed E-state index contributed by atoms with van der Waals surface area (Å²) >= 11 is 0. The Morgan fingerprint density at radius 3 is 2.46 bits per heavy atom. The van der Waals surface area contributed by atoms with E-state index in [0.717, 1.165) is 5.56 Å². The first-order valence-corrected chi connectivity index (χ1v) is 8.42. The largest absolute Gasteiger partial charge is 0.497 e. The van der Waals surface area contributed by atoms with Crippen LogP contribution in [0.5, 0.6) is 5.75 Å². The van der Waals surface area contributed by atoms with Gasteiger partial charge in [-0.15, -0.1) is 0 Å². The van der Waals surface area contributed by atoms with Crippen molar-refractivity contribution in [2.45, 2.75) is 13.3 Å². The standard InChI is InChI=1S/C20H18N4O4/c1-13-18(16(12-21)20(28-13)24-9-3-4-10-24)19(26)23-22-17(25)11-14-5-7-15(27-2)8-6-14/h3-10H,11H2,1-2H3,(H,22,25)(H,23,26). The number of hydrogen-bond donors (Lipinski definition) is 2. The van der Waals surface area contributed by atoms with Crippen LogP contribution in [0.25, 0.3) is 5.88 Å². The van der Waals surface area contributed by atoms with Crippen LogP contribution in [0, 0.1) is 18.3 Å². The molecular formula is C20H18N4O4. The highest BCUT2D eigenvalue weighted by atomic mass is 16.5. The van der Waals surface area contributed by atoms with Crippen molar-refractivity contribution in [1.29, 1.82) is 5.26 Å². The van der Waals surface area contributed by atoms with Gasteiger partial charge in [0.15, 0.2) is 0 Å². The van der Waals surface area contributed by atoms with Crippen LogP contribution >= 0.6 is 0 Å². The fourth-order valence-electron chi connectivity index (χ4n) is 2.72. The lowest BCUT2D eigenvalue weighted by atomic mass is 10.1. The molecule has 2 N–H and O–H groups in total. The van der Waals surface area contributed by atoms with Crippen LogP contribution in [0.2, 0.25) is 0 Å². The average Bonchev–Trinajstić information content (AvgIpc) is 3.34. The van der Waals surface area contributed by atoms with Gasteiger partial charge in [0.25, 0.3) is 5.91 Å². The lowest BCUT2D eigenvalue weighted by Gasteiger charge is -2.08. The summed E-state index contributed by atoms with van der Waals surface area (Å²) in [5.41, 5.74) is 5.62. The molecule has 1 aromatic carbocycles. The van der Waals surface area contributed by atoms with Crippen molar-refractivity contribution in [2.75, 3.05) is 7.11 Å². The van der Waals surface area contributed by atoms with E-state index in [0.29, 0.717) is 5.75 Å². The van der Waals surface area contributed by atoms with Crippen molar-refractivity contribution in [1.82, 2.24) is 15.4 Å². The fraction of sp³-hybridized carbons (Fsp3) is 0.150. The second-order valence-corrected chi connectivity index (χ2v) is 5.94. The van der Waals surface area contributed by atoms with Gasteiger partial charge in [-0.2, -0.15) is 5.26 Å². The average molecular weight is 378 g/mol. The summed E-state index contributed by atoms with van der Waals surface area (Å²) in [6.07, 6.45) is 3.49. The molecule has 3 aromatic rings. The van der Waals surface area contributed by atoms with E-state index in [-0.39, 0.29) is 29.2 Å². The maximum atomic E-state index is 12.5. The number of carbonyl (C=O) groups excluding carboxylic acids is 2. The molecule has 2 aromatic heterocycles. The molecule has 0 spiro atoms. The van der Waals surface area contributed by atoms with Crippen LogP contribution in [0.15, 0.2) is 53.2 Å². The van der Waals surface area contributed by atoms with E-state index in [1.807, 2.05) is 6.07 Å². The molecule has 2 heterocycles. The van der Waals surface area contributed by atoms with E-state index in [1.165, 1.54) is 0 Å². The highest BCUT2D eigenvalue weighted by Crippen LogP contribution is 2.25. The van der Waals surface area contributed by atoms with E-state index in [1.54, 1.807) is 67.4 Å². The number of nitriles is 1. The first-order valence-electron chi connectivity index (χ1n) is 8.42. The summed E-state index contributed by atoms with van der Waals surface area (Å²) in [5.74, 6) is 0.195. The summed E-state index contributed by atoms with van der Waals surface area (Å²) in [6, 6.07) is 12.6. The van der Waals surface area contributed by atoms with Crippen LogP contribution in [0.4, 0.5) is 0 Å². The number of ether oxygens (including phenoxy) is 1. The third-order valence-corrected chi connectivity index (χ3v) is 4.08. The van der Waals surface area contributed by atoms with Gasteiger partial charge in [-0.25, -0.2) is 0 Å². The molecule has 0 saturated carbocycles. The van der Waals surface area contributed by atoms with Crippen LogP contribution in [0.1, 0.15) is 27.2 Å². The van der Waals surface area contributed by atoms with Crippen LogP contribution in [-0.2, 0) is 11.2 Å². The number of amides is 2. The van der Waals surface area contributed by atoms with E-state index in [9.17, 15) is 14.9 Å². The van der Waals surface area contributed by atoms with Crippen LogP contribution < -0.4 is 15.6 Å². The summed E-state index contributed by atoms with van der Waals surface area (Å²) in [5, 5.41) is 9.47. The second-order valence-electron chi connectivity index (χ2n) is 5.94. The number of rotatable bonds is 5. The SMILES string of the molecule is COc1ccc(CC(=O)NNC(=O)c2c(C)oc(-n3cccc3)c2C#N)cc1. The molecule has 0 aliphatic heterocycles. The van der Waals surface area contributed by atoms with Gasteiger partial charge in [0.05, 0.1) is 13.5 Å². The lowest BCUT2D eigenvalue weighted by molar-refractivity contribution is -0.121. The molecule has 0 bridgehead atoms. The highest BCUT2D eigenvalue weighted by molar-refractivity contribution is 5.99. The van der Waals surface area contributed by atoms with Gasteiger partial charge < -0.3 is 9.15 Å². The Morgan fingerprint density at radius 2 is 1.86 bits per heavy atom. The summed E-state index contributed by atoms with van der Waals surface area (Å²) in [7, 11) is 1.56. The molecule has 8 nitrogen and oxygen atoms in total. The van der Waals surface area contributed by atoms with Gasteiger partial charge in [0, 0.05) is 12.4 Å². The van der Waals surface area contributed by atoms with Gasteiger partial charge in [-0.05, 0) is 36.8 Å². The summed E-state index contributed by atoms with van der Waals surface area (Å²) < 4.78 is 12.3. The van der Waals surface area contributed by atoms with Crippen LogP contribution in [0.3, 0.4) is 0 Å². The Balaban J connectivity index is 1.68. The number of hydrazine groups is 1. The normalized spacial score (nSPS) is 10.2. The number of nitrogens with one attached hydrogen (secondary N) is 2. The minimum atomic E-state index is -0.626. The molecule has 0 fully saturated rings. The summed E-state index contributed by atoms with van der Waals surface area (Å²) in [4.78, 5) is 24.6. The Labute approximate surface area is 161 Å². The molecule has 0 unspecified atom stereocenters. The maximum absolute atomic E-state index is 12.5. The molecular weight excluding hydrogens is 360 g/mol. The maximum Gasteiger partial charge on any atom is 0.274 e. The molecule has 0 radical (unpaired) electrons. The number of furan rings is 1. The van der Waals surface area contributed by atoms with E-state index in [4.69, 9.17) is 9.15 Å². The minimum absolute atomic E-state index is 0.0777. The van der Waals surface area contributed by atoms with Crippen molar-refractivity contribution in [3.8, 4) is 17.7 Å². The third kappa shape index (κ3) is 3.88. The van der Waals surface area contributed by atoms with Crippen molar-refractivity contribution in [3.05, 3.63) is 71.2 Å². The predicted octanol–water partition coefficient (Wildman–Crippen LogP) is 2.26. The monoisotopic (exact) mass is 378 g/mol. The van der Waals surface area contributed by atoms with Crippen LogP contribution in [-0.4, -0.2) is 23.5 Å². The van der Waals surface area contributed by atoms with Gasteiger partial charge in [0.1, 0.15) is 28.7 Å².